The molecule has 0 saturated carbocycles. The molecule has 0 aliphatic rings. The highest BCUT2D eigenvalue weighted by molar-refractivity contribution is 5.72. The molecule has 7 heteroatoms. The lowest BCUT2D eigenvalue weighted by Gasteiger charge is -2.01. The Hall–Kier alpha value is -1.66. The van der Waals surface area contributed by atoms with Crippen molar-refractivity contribution in [3.05, 3.63) is 10.1 Å². The minimum Gasteiger partial charge on any atom is -0.476 e. The Bertz CT molecular complexity index is 163. The van der Waals surface area contributed by atoms with Gasteiger partial charge in [0.15, 0.2) is 6.61 Å². The van der Waals surface area contributed by atoms with Gasteiger partial charge in [0.2, 0.25) is 0 Å². The maximum atomic E-state index is 10.0. The van der Waals surface area contributed by atoms with Gasteiger partial charge in [-0.05, 0) is 0 Å². The molecule has 0 aromatic heterocycles. The molecule has 1 unspecified atom stereocenters. The quantitative estimate of drug-likeness (QED) is 0.313. The maximum absolute atomic E-state index is 10.0. The second-order valence-corrected chi connectivity index (χ2v) is 1.57. The van der Waals surface area contributed by atoms with Gasteiger partial charge >= 0.3 is 12.0 Å². The number of ether oxygens (including phenoxy) is 1. The van der Waals surface area contributed by atoms with Gasteiger partial charge in [0, 0.05) is 4.92 Å². The van der Waals surface area contributed by atoms with Gasteiger partial charge in [-0.15, -0.1) is 0 Å². The van der Waals surface area contributed by atoms with Crippen molar-refractivity contribution in [2.75, 3.05) is 6.61 Å². The first kappa shape index (κ1) is 9.34. The zero-order valence-corrected chi connectivity index (χ0v) is 5.30. The molecule has 7 nitrogen and oxygen atoms in total. The lowest BCUT2D eigenvalue weighted by Crippen LogP contribution is -2.33. The third-order valence-electron chi connectivity index (χ3n) is 0.862. The normalized spacial score (nSPS) is 11.6. The third kappa shape index (κ3) is 3.14. The van der Waals surface area contributed by atoms with E-state index in [4.69, 9.17) is 5.11 Å². The van der Waals surface area contributed by atoms with Crippen LogP contribution in [0.5, 0.6) is 0 Å². The van der Waals surface area contributed by atoms with Gasteiger partial charge in [-0.3, -0.25) is 14.9 Å². The SMILES string of the molecule is O=COCC(C(=O)O)[N+](=O)[O-]. The molecule has 11 heavy (non-hydrogen) atoms. The van der Waals surface area contributed by atoms with Gasteiger partial charge < -0.3 is 9.84 Å². The second kappa shape index (κ2) is 4.20. The van der Waals surface area contributed by atoms with Gasteiger partial charge in [-0.25, -0.2) is 4.79 Å². The fourth-order valence-corrected chi connectivity index (χ4v) is 0.353. The third-order valence-corrected chi connectivity index (χ3v) is 0.862. The number of nitro groups is 1. The lowest BCUT2D eigenvalue weighted by molar-refractivity contribution is -0.512. The highest BCUT2D eigenvalue weighted by Crippen LogP contribution is 1.90. The van der Waals surface area contributed by atoms with Crippen molar-refractivity contribution < 1.29 is 24.4 Å². The molecular formula is C4H5NO6. The molecule has 0 amide bonds. The summed E-state index contributed by atoms with van der Waals surface area (Å²) in [4.78, 5) is 28.4. The zero-order chi connectivity index (χ0) is 8.85. The fraction of sp³-hybridized carbons (Fsp3) is 0.500. The van der Waals surface area contributed by atoms with Crippen LogP contribution in [0.15, 0.2) is 0 Å². The monoisotopic (exact) mass is 163 g/mol. The number of hydrogen-bond acceptors (Lipinski definition) is 5. The summed E-state index contributed by atoms with van der Waals surface area (Å²) in [7, 11) is 0. The summed E-state index contributed by atoms with van der Waals surface area (Å²) in [5, 5.41) is 18.0. The smallest absolute Gasteiger partial charge is 0.383 e. The van der Waals surface area contributed by atoms with Crippen LogP contribution in [0.25, 0.3) is 0 Å². The van der Waals surface area contributed by atoms with Gasteiger partial charge in [-0.1, -0.05) is 0 Å². The van der Waals surface area contributed by atoms with Gasteiger partial charge in [0.1, 0.15) is 0 Å². The number of aliphatic carboxylic acids is 1. The molecular weight excluding hydrogens is 158 g/mol. The van der Waals surface area contributed by atoms with Crippen LogP contribution in [-0.4, -0.2) is 35.1 Å². The second-order valence-electron chi connectivity index (χ2n) is 1.57. The maximum Gasteiger partial charge on any atom is 0.383 e. The van der Waals surface area contributed by atoms with Crippen LogP contribution >= 0.6 is 0 Å². The highest BCUT2D eigenvalue weighted by atomic mass is 16.6. The molecule has 0 fully saturated rings. The first-order chi connectivity index (χ1) is 5.09. The van der Waals surface area contributed by atoms with E-state index in [9.17, 15) is 19.7 Å². The van der Waals surface area contributed by atoms with E-state index in [1.807, 2.05) is 0 Å². The Morgan fingerprint density at radius 1 is 1.82 bits per heavy atom. The Morgan fingerprint density at radius 2 is 2.36 bits per heavy atom. The van der Waals surface area contributed by atoms with Crippen LogP contribution < -0.4 is 0 Å². The van der Waals surface area contributed by atoms with Crippen molar-refractivity contribution in [3.8, 4) is 0 Å². The molecule has 0 bridgehead atoms. The number of rotatable bonds is 5. The zero-order valence-electron chi connectivity index (χ0n) is 5.30. The van der Waals surface area contributed by atoms with Crippen LogP contribution in [0.2, 0.25) is 0 Å². The van der Waals surface area contributed by atoms with Crippen LogP contribution in [0.3, 0.4) is 0 Å². The molecule has 0 rings (SSSR count). The van der Waals surface area contributed by atoms with Gasteiger partial charge in [-0.2, -0.15) is 0 Å². The highest BCUT2D eigenvalue weighted by Gasteiger charge is 2.29. The number of nitrogens with zero attached hydrogens (tertiary/aromatic N) is 1. The van der Waals surface area contributed by atoms with Crippen molar-refractivity contribution in [2.45, 2.75) is 6.04 Å². The predicted molar refractivity (Wildman–Crippen MR) is 30.4 cm³/mol. The molecule has 62 valence electrons. The average molecular weight is 163 g/mol. The van der Waals surface area contributed by atoms with Gasteiger partial charge in [0.25, 0.3) is 6.47 Å². The minimum absolute atomic E-state index is 0.0422. The van der Waals surface area contributed by atoms with Crippen LogP contribution in [-0.2, 0) is 14.3 Å². The Kier molecular flexibility index (Phi) is 3.57. The molecule has 1 atom stereocenters. The average Bonchev–Trinajstić information content (AvgIpc) is 1.87. The van der Waals surface area contributed by atoms with Crippen LogP contribution in [0, 0.1) is 10.1 Å². The number of hydrogen-bond donors (Lipinski definition) is 1. The first-order valence-corrected chi connectivity index (χ1v) is 2.51. The molecule has 0 aliphatic heterocycles. The van der Waals surface area contributed by atoms with E-state index in [0.29, 0.717) is 0 Å². The van der Waals surface area contributed by atoms with Crippen LogP contribution in [0.1, 0.15) is 0 Å². The molecule has 0 aromatic rings. The van der Waals surface area contributed by atoms with Gasteiger partial charge in [0.05, 0.1) is 0 Å². The van der Waals surface area contributed by atoms with Crippen molar-refractivity contribution in [1.82, 2.24) is 0 Å². The molecule has 0 aromatic carbocycles. The van der Waals surface area contributed by atoms with Crippen LogP contribution in [0.4, 0.5) is 0 Å². The van der Waals surface area contributed by atoms with E-state index in [-0.39, 0.29) is 6.47 Å². The number of carboxylic acids is 1. The Morgan fingerprint density at radius 3 is 2.64 bits per heavy atom. The molecule has 0 aliphatic carbocycles. The van der Waals surface area contributed by atoms with Crippen molar-refractivity contribution in [3.63, 3.8) is 0 Å². The minimum atomic E-state index is -1.87. The largest absolute Gasteiger partial charge is 0.476 e. The Balaban J connectivity index is 4.00. The molecule has 0 saturated heterocycles. The van der Waals surface area contributed by atoms with E-state index in [2.05, 4.69) is 4.74 Å². The van der Waals surface area contributed by atoms with Crippen molar-refractivity contribution in [1.29, 1.82) is 0 Å². The summed E-state index contributed by atoms with van der Waals surface area (Å²) in [6.45, 7) is -0.786. The van der Waals surface area contributed by atoms with E-state index < -0.39 is 23.5 Å². The summed E-state index contributed by atoms with van der Waals surface area (Å²) in [5.41, 5.74) is 0. The predicted octanol–water partition coefficient (Wildman–Crippen LogP) is -1.11. The van der Waals surface area contributed by atoms with E-state index >= 15 is 0 Å². The standard InChI is InChI=1S/C4H5NO6/c6-2-11-1-3(4(7)8)5(9)10/h2-3H,1H2,(H,7,8). The molecule has 1 N–H and O–H groups in total. The molecule has 0 radical (unpaired) electrons. The summed E-state index contributed by atoms with van der Waals surface area (Å²) < 4.78 is 3.92. The summed E-state index contributed by atoms with van der Waals surface area (Å²) in [5.74, 6) is -1.63. The fourth-order valence-electron chi connectivity index (χ4n) is 0.353. The van der Waals surface area contributed by atoms with E-state index in [1.165, 1.54) is 0 Å². The van der Waals surface area contributed by atoms with E-state index in [1.54, 1.807) is 0 Å². The van der Waals surface area contributed by atoms with Crippen molar-refractivity contribution in [2.24, 2.45) is 0 Å². The summed E-state index contributed by atoms with van der Waals surface area (Å²) >= 11 is 0. The lowest BCUT2D eigenvalue weighted by atomic mass is 10.3. The number of carbonyl (C=O) groups is 2. The molecule has 0 spiro atoms. The first-order valence-electron chi connectivity index (χ1n) is 2.51. The topological polar surface area (TPSA) is 107 Å². The summed E-state index contributed by atoms with van der Waals surface area (Å²) in [6, 6.07) is -1.87. The molecule has 0 heterocycles. The summed E-state index contributed by atoms with van der Waals surface area (Å²) in [6.07, 6.45) is 0. The Labute approximate surface area is 60.7 Å². The van der Waals surface area contributed by atoms with Crippen molar-refractivity contribution >= 4 is 12.4 Å². The number of carbonyl (C=O) groups excluding carboxylic acids is 1. The number of carboxylic acid groups (broad SMARTS) is 1. The van der Waals surface area contributed by atoms with E-state index in [0.717, 1.165) is 0 Å².